The summed E-state index contributed by atoms with van der Waals surface area (Å²) >= 11 is 1.49. The van der Waals surface area contributed by atoms with Crippen LogP contribution in [0.2, 0.25) is 0 Å². The van der Waals surface area contributed by atoms with Crippen molar-refractivity contribution in [3.8, 4) is 0 Å². The third kappa shape index (κ3) is 10.3. The van der Waals surface area contributed by atoms with Gasteiger partial charge in [0.05, 0.1) is 11.5 Å². The van der Waals surface area contributed by atoms with Gasteiger partial charge in [-0.2, -0.15) is 0 Å². The lowest BCUT2D eigenvalue weighted by atomic mass is 10.1. The molecule has 196 valence electrons. The molecule has 1 aromatic heterocycles. The van der Waals surface area contributed by atoms with Crippen LogP contribution < -0.4 is 10.6 Å². The summed E-state index contributed by atoms with van der Waals surface area (Å²) < 4.78 is 5.34. The fraction of sp³-hybridized carbons (Fsp3) is 0.458. The number of amides is 3. The summed E-state index contributed by atoms with van der Waals surface area (Å²) in [4.78, 5) is 49.9. The Morgan fingerprint density at radius 3 is 2.39 bits per heavy atom. The average Bonchev–Trinajstić information content (AvgIpc) is 3.29. The van der Waals surface area contributed by atoms with E-state index in [1.807, 2.05) is 17.5 Å². The van der Waals surface area contributed by atoms with Crippen LogP contribution in [0.4, 0.5) is 15.3 Å². The number of hydrogen-bond acceptors (Lipinski definition) is 7. The van der Waals surface area contributed by atoms with Crippen molar-refractivity contribution < 1.29 is 29.2 Å². The fourth-order valence-electron chi connectivity index (χ4n) is 3.34. The second kappa shape index (κ2) is 13.4. The summed E-state index contributed by atoms with van der Waals surface area (Å²) in [5, 5.41) is 26.6. The third-order valence-corrected chi connectivity index (χ3v) is 5.81. The van der Waals surface area contributed by atoms with E-state index in [1.165, 1.54) is 23.5 Å². The Kier molecular flexibility index (Phi) is 10.7. The van der Waals surface area contributed by atoms with Crippen molar-refractivity contribution in [2.24, 2.45) is 0 Å². The van der Waals surface area contributed by atoms with Crippen LogP contribution in [0.3, 0.4) is 0 Å². The van der Waals surface area contributed by atoms with E-state index in [1.54, 1.807) is 37.8 Å². The normalized spacial score (nSPS) is 11.9. The van der Waals surface area contributed by atoms with Gasteiger partial charge in [-0.15, -0.1) is 11.3 Å². The minimum absolute atomic E-state index is 0.0469. The number of alkyl carbamates (subject to hydrolysis) is 1. The molecule has 1 atom stereocenters. The molecule has 36 heavy (non-hydrogen) atoms. The molecule has 0 aliphatic carbocycles. The Morgan fingerprint density at radius 1 is 1.14 bits per heavy atom. The number of nitro benzene ring substituents is 1. The zero-order valence-corrected chi connectivity index (χ0v) is 21.4. The molecule has 2 rings (SSSR count). The first kappa shape index (κ1) is 28.6. The van der Waals surface area contributed by atoms with E-state index in [9.17, 15) is 24.5 Å². The highest BCUT2D eigenvalue weighted by Crippen LogP contribution is 2.19. The Hall–Kier alpha value is -3.67. The van der Waals surface area contributed by atoms with Crippen LogP contribution in [0.5, 0.6) is 0 Å². The Morgan fingerprint density at radius 2 is 1.83 bits per heavy atom. The number of carbonyl (C=O) groups excluding carboxylic acids is 2. The smallest absolute Gasteiger partial charge is 0.408 e. The van der Waals surface area contributed by atoms with Crippen molar-refractivity contribution in [2.45, 2.75) is 64.8 Å². The number of nitrogens with zero attached hydrogens (tertiary/aromatic N) is 2. The van der Waals surface area contributed by atoms with Gasteiger partial charge in [0.1, 0.15) is 11.6 Å². The molecule has 0 aliphatic heterocycles. The van der Waals surface area contributed by atoms with Crippen LogP contribution in [0.1, 0.15) is 50.5 Å². The number of carbonyl (C=O) groups is 3. The minimum Gasteiger partial charge on any atom is -0.465 e. The van der Waals surface area contributed by atoms with Crippen molar-refractivity contribution in [3.05, 3.63) is 62.3 Å². The summed E-state index contributed by atoms with van der Waals surface area (Å²) in [6.07, 6.45) is -0.604. The summed E-state index contributed by atoms with van der Waals surface area (Å²) in [6.45, 7) is 5.86. The maximum atomic E-state index is 13.7. The van der Waals surface area contributed by atoms with Crippen molar-refractivity contribution in [3.63, 3.8) is 0 Å². The SMILES string of the molecule is CC(C)(C)OC(=O)N[C@@H](CCCCNC(=O)O)C(=O)N(Cc1ccc([N+](=O)[O-])cc1)Cc1cccs1. The van der Waals surface area contributed by atoms with Crippen LogP contribution in [0.15, 0.2) is 41.8 Å². The predicted molar refractivity (Wildman–Crippen MR) is 135 cm³/mol. The zero-order valence-electron chi connectivity index (χ0n) is 20.6. The molecule has 3 amide bonds. The lowest BCUT2D eigenvalue weighted by Crippen LogP contribution is -2.49. The molecule has 0 bridgehead atoms. The monoisotopic (exact) mass is 520 g/mol. The number of ether oxygens (including phenoxy) is 1. The molecule has 0 spiro atoms. The van der Waals surface area contributed by atoms with Crippen molar-refractivity contribution in [1.82, 2.24) is 15.5 Å². The molecule has 1 aromatic carbocycles. The first-order valence-corrected chi connectivity index (χ1v) is 12.3. The number of nitrogens with one attached hydrogen (secondary N) is 2. The number of carboxylic acid groups (broad SMARTS) is 1. The second-order valence-corrected chi connectivity index (χ2v) is 10.2. The summed E-state index contributed by atoms with van der Waals surface area (Å²) in [5.74, 6) is -0.334. The summed E-state index contributed by atoms with van der Waals surface area (Å²) in [6, 6.07) is 8.84. The molecule has 11 nitrogen and oxygen atoms in total. The minimum atomic E-state index is -1.13. The van der Waals surface area contributed by atoms with Crippen LogP contribution in [0.25, 0.3) is 0 Å². The van der Waals surface area contributed by atoms with Crippen LogP contribution >= 0.6 is 11.3 Å². The molecular formula is C24H32N4O7S. The highest BCUT2D eigenvalue weighted by molar-refractivity contribution is 7.09. The highest BCUT2D eigenvalue weighted by atomic mass is 32.1. The molecule has 0 fully saturated rings. The Balaban J connectivity index is 2.21. The Labute approximate surface area is 213 Å². The first-order valence-electron chi connectivity index (χ1n) is 11.5. The fourth-order valence-corrected chi connectivity index (χ4v) is 4.06. The number of benzene rings is 1. The van der Waals surface area contributed by atoms with Gasteiger partial charge in [0.15, 0.2) is 0 Å². The molecule has 0 saturated heterocycles. The van der Waals surface area contributed by atoms with E-state index in [2.05, 4.69) is 10.6 Å². The quantitative estimate of drug-likeness (QED) is 0.211. The lowest BCUT2D eigenvalue weighted by Gasteiger charge is -2.29. The van der Waals surface area contributed by atoms with Gasteiger partial charge in [-0.3, -0.25) is 14.9 Å². The van der Waals surface area contributed by atoms with Crippen LogP contribution in [0, 0.1) is 10.1 Å². The molecule has 0 unspecified atom stereocenters. The molecular weight excluding hydrogens is 488 g/mol. The maximum absolute atomic E-state index is 13.7. The molecule has 3 N–H and O–H groups in total. The van der Waals surface area contributed by atoms with E-state index in [4.69, 9.17) is 9.84 Å². The molecule has 1 heterocycles. The third-order valence-electron chi connectivity index (χ3n) is 4.94. The topological polar surface area (TPSA) is 151 Å². The van der Waals surface area contributed by atoms with E-state index in [-0.39, 0.29) is 31.1 Å². The molecule has 0 saturated carbocycles. The van der Waals surface area contributed by atoms with Crippen molar-refractivity contribution >= 4 is 35.1 Å². The van der Waals surface area contributed by atoms with Crippen molar-refractivity contribution in [2.75, 3.05) is 6.54 Å². The number of nitro groups is 1. The van der Waals surface area contributed by atoms with Gasteiger partial charge in [0, 0.05) is 30.1 Å². The average molecular weight is 521 g/mol. The second-order valence-electron chi connectivity index (χ2n) is 9.12. The van der Waals surface area contributed by atoms with E-state index >= 15 is 0 Å². The van der Waals surface area contributed by atoms with E-state index < -0.39 is 28.8 Å². The zero-order chi connectivity index (χ0) is 26.7. The van der Waals surface area contributed by atoms with Gasteiger partial charge in [0.25, 0.3) is 5.69 Å². The van der Waals surface area contributed by atoms with Gasteiger partial charge >= 0.3 is 12.2 Å². The standard InChI is InChI=1S/C24H32N4O7S/c1-24(2,3)35-23(32)26-20(8-4-5-13-25-22(30)31)21(29)27(16-19-7-6-14-36-19)15-17-9-11-18(12-10-17)28(33)34/h6-7,9-12,14,20,25H,4-5,8,13,15-16H2,1-3H3,(H,26,32)(H,30,31)/t20-/m0/s1. The first-order chi connectivity index (χ1) is 16.9. The molecule has 0 radical (unpaired) electrons. The van der Waals surface area contributed by atoms with Crippen molar-refractivity contribution in [1.29, 1.82) is 0 Å². The summed E-state index contributed by atoms with van der Waals surface area (Å²) in [7, 11) is 0. The maximum Gasteiger partial charge on any atom is 0.408 e. The Bertz CT molecular complexity index is 1020. The van der Waals surface area contributed by atoms with Crippen LogP contribution in [-0.2, 0) is 22.6 Å². The van der Waals surface area contributed by atoms with Gasteiger partial charge in [-0.05, 0) is 57.0 Å². The molecule has 0 aliphatic rings. The summed E-state index contributed by atoms with van der Waals surface area (Å²) in [5.41, 5.74) is -0.0973. The van der Waals surface area contributed by atoms with Gasteiger partial charge in [-0.25, -0.2) is 9.59 Å². The van der Waals surface area contributed by atoms with E-state index in [0.29, 0.717) is 24.9 Å². The predicted octanol–water partition coefficient (Wildman–Crippen LogP) is 4.52. The van der Waals surface area contributed by atoms with Gasteiger partial charge in [-0.1, -0.05) is 18.2 Å². The van der Waals surface area contributed by atoms with Gasteiger partial charge in [0.2, 0.25) is 5.91 Å². The number of hydrogen-bond donors (Lipinski definition) is 3. The number of unbranched alkanes of at least 4 members (excludes halogenated alkanes) is 1. The largest absolute Gasteiger partial charge is 0.465 e. The number of thiophene rings is 1. The molecule has 12 heteroatoms. The van der Waals surface area contributed by atoms with Crippen LogP contribution in [-0.4, -0.2) is 51.2 Å². The molecule has 2 aromatic rings. The number of rotatable bonds is 12. The highest BCUT2D eigenvalue weighted by Gasteiger charge is 2.28. The van der Waals surface area contributed by atoms with Gasteiger partial charge < -0.3 is 25.4 Å². The lowest BCUT2D eigenvalue weighted by molar-refractivity contribution is -0.384. The van der Waals surface area contributed by atoms with E-state index in [0.717, 1.165) is 4.88 Å². The number of non-ortho nitro benzene ring substituents is 1.